The summed E-state index contributed by atoms with van der Waals surface area (Å²) in [5, 5.41) is 21.5. The predicted molar refractivity (Wildman–Crippen MR) is 122 cm³/mol. The van der Waals surface area contributed by atoms with E-state index in [9.17, 15) is 23.2 Å². The minimum absolute atomic E-state index is 0.0288. The second-order valence-electron chi connectivity index (χ2n) is 7.53. The summed E-state index contributed by atoms with van der Waals surface area (Å²) in [5.74, 6) is -3.63. The second-order valence-corrected chi connectivity index (χ2v) is 7.94. The number of nitriles is 1. The average molecular weight is 536 g/mol. The van der Waals surface area contributed by atoms with E-state index in [-0.39, 0.29) is 34.0 Å². The topological polar surface area (TPSA) is 132 Å². The molecule has 0 unspecified atom stereocenters. The summed E-state index contributed by atoms with van der Waals surface area (Å²) in [4.78, 5) is 34.2. The Bertz CT molecular complexity index is 1440. The molecule has 0 amide bonds. The first-order valence-electron chi connectivity index (χ1n) is 10.5. The quantitative estimate of drug-likeness (QED) is 0.373. The summed E-state index contributed by atoms with van der Waals surface area (Å²) < 4.78 is 52.7. The van der Waals surface area contributed by atoms with E-state index in [0.717, 1.165) is 28.9 Å². The number of rotatable bonds is 10. The molecule has 0 aliphatic carbocycles. The lowest BCUT2D eigenvalue weighted by Crippen LogP contribution is -2.25. The number of halogens is 4. The molecule has 13 heteroatoms. The number of hydrogen-bond acceptors (Lipinski definition) is 7. The SMILES string of the molecule is N#Cc1cc(Oc2c(Cl)ccc(Cc3ccc(=O)n(COC(=O)CCC(=O)O)n3)c2F)cc(C(F)F)c1. The van der Waals surface area contributed by atoms with Crippen LogP contribution in [-0.4, -0.2) is 26.8 Å². The van der Waals surface area contributed by atoms with Crippen molar-refractivity contribution < 1.29 is 37.3 Å². The monoisotopic (exact) mass is 535 g/mol. The van der Waals surface area contributed by atoms with Crippen molar-refractivity contribution in [1.29, 1.82) is 5.26 Å². The third-order valence-electron chi connectivity index (χ3n) is 4.84. The van der Waals surface area contributed by atoms with Gasteiger partial charge in [0.1, 0.15) is 5.75 Å². The van der Waals surface area contributed by atoms with E-state index in [1.165, 1.54) is 18.2 Å². The van der Waals surface area contributed by atoms with Crippen LogP contribution < -0.4 is 10.3 Å². The van der Waals surface area contributed by atoms with Gasteiger partial charge < -0.3 is 14.6 Å². The minimum Gasteiger partial charge on any atom is -0.481 e. The third-order valence-corrected chi connectivity index (χ3v) is 5.14. The van der Waals surface area contributed by atoms with Crippen molar-refractivity contribution in [2.24, 2.45) is 0 Å². The van der Waals surface area contributed by atoms with Crippen LogP contribution in [-0.2, 0) is 27.5 Å². The van der Waals surface area contributed by atoms with Gasteiger partial charge in [0.05, 0.1) is 35.2 Å². The van der Waals surface area contributed by atoms with Crippen molar-refractivity contribution in [3.05, 3.63) is 86.0 Å². The molecule has 0 aliphatic heterocycles. The van der Waals surface area contributed by atoms with E-state index < -0.39 is 60.6 Å². The normalized spacial score (nSPS) is 10.7. The number of ether oxygens (including phenoxy) is 2. The Hall–Kier alpha value is -4.37. The number of carboxylic acids is 1. The fourth-order valence-corrected chi connectivity index (χ4v) is 3.26. The van der Waals surface area contributed by atoms with Crippen LogP contribution in [0.3, 0.4) is 0 Å². The molecular weight excluding hydrogens is 519 g/mol. The Morgan fingerprint density at radius 2 is 1.92 bits per heavy atom. The van der Waals surface area contributed by atoms with Crippen LogP contribution in [0.4, 0.5) is 13.2 Å². The molecule has 1 heterocycles. The first kappa shape index (κ1) is 27.2. The molecule has 1 aromatic heterocycles. The van der Waals surface area contributed by atoms with Crippen molar-refractivity contribution in [3.63, 3.8) is 0 Å². The zero-order valence-corrected chi connectivity index (χ0v) is 19.5. The van der Waals surface area contributed by atoms with Gasteiger partial charge in [-0.15, -0.1) is 0 Å². The first-order valence-corrected chi connectivity index (χ1v) is 10.9. The molecule has 1 N–H and O–H groups in total. The maximum atomic E-state index is 15.3. The minimum atomic E-state index is -2.89. The molecule has 0 aliphatic rings. The maximum absolute atomic E-state index is 15.3. The fourth-order valence-electron chi connectivity index (χ4n) is 3.08. The van der Waals surface area contributed by atoms with Crippen LogP contribution in [0.15, 0.2) is 47.3 Å². The zero-order chi connectivity index (χ0) is 27.1. The highest BCUT2D eigenvalue weighted by Gasteiger charge is 2.18. The van der Waals surface area contributed by atoms with Crippen LogP contribution in [0.2, 0.25) is 5.02 Å². The van der Waals surface area contributed by atoms with E-state index in [2.05, 4.69) is 5.10 Å². The maximum Gasteiger partial charge on any atom is 0.308 e. The number of benzene rings is 2. The van der Waals surface area contributed by atoms with Crippen LogP contribution in [0, 0.1) is 17.1 Å². The van der Waals surface area contributed by atoms with E-state index in [0.29, 0.717) is 0 Å². The number of hydrogen-bond donors (Lipinski definition) is 1. The molecule has 9 nitrogen and oxygen atoms in total. The smallest absolute Gasteiger partial charge is 0.308 e. The fraction of sp³-hybridized carbons (Fsp3) is 0.208. The highest BCUT2D eigenvalue weighted by atomic mass is 35.5. The molecule has 2 aromatic carbocycles. The van der Waals surface area contributed by atoms with Gasteiger partial charge >= 0.3 is 11.9 Å². The van der Waals surface area contributed by atoms with Crippen molar-refractivity contribution in [3.8, 4) is 17.6 Å². The Morgan fingerprint density at radius 1 is 1.16 bits per heavy atom. The second kappa shape index (κ2) is 12.0. The summed E-state index contributed by atoms with van der Waals surface area (Å²) in [6.45, 7) is -0.579. The van der Waals surface area contributed by atoms with E-state index in [1.54, 1.807) is 6.07 Å². The summed E-state index contributed by atoms with van der Waals surface area (Å²) in [7, 11) is 0. The van der Waals surface area contributed by atoms with Gasteiger partial charge in [-0.05, 0) is 35.9 Å². The number of carbonyl (C=O) groups excluding carboxylic acids is 1. The molecule has 37 heavy (non-hydrogen) atoms. The van der Waals surface area contributed by atoms with Gasteiger partial charge in [-0.1, -0.05) is 17.7 Å². The molecule has 0 radical (unpaired) electrons. The molecule has 3 aromatic rings. The number of aliphatic carboxylic acids is 1. The number of aromatic nitrogens is 2. The van der Waals surface area contributed by atoms with Crippen molar-refractivity contribution in [1.82, 2.24) is 9.78 Å². The number of carboxylic acid groups (broad SMARTS) is 1. The van der Waals surface area contributed by atoms with Gasteiger partial charge in [-0.2, -0.15) is 15.0 Å². The molecule has 0 saturated carbocycles. The standard InChI is InChI=1S/C24H17ClF3N3O6/c25-18-3-1-14(22(26)23(18)37-17-8-13(11-29)7-15(10-17)24(27)28)9-16-2-4-19(32)31(30-16)12-36-21(35)6-5-20(33)34/h1-4,7-8,10,24H,5-6,9,12H2,(H,33,34). The van der Waals surface area contributed by atoms with Crippen molar-refractivity contribution in [2.45, 2.75) is 32.4 Å². The molecule has 0 fully saturated rings. The largest absolute Gasteiger partial charge is 0.481 e. The van der Waals surface area contributed by atoms with Crippen LogP contribution in [0.1, 0.15) is 41.7 Å². The summed E-state index contributed by atoms with van der Waals surface area (Å²) in [6, 6.07) is 9.93. The lowest BCUT2D eigenvalue weighted by molar-refractivity contribution is -0.151. The Morgan fingerprint density at radius 3 is 2.59 bits per heavy atom. The molecule has 0 saturated heterocycles. The van der Waals surface area contributed by atoms with Gasteiger partial charge in [-0.25, -0.2) is 13.2 Å². The molecule has 192 valence electrons. The molecule has 0 spiro atoms. The van der Waals surface area contributed by atoms with Crippen LogP contribution in [0.25, 0.3) is 0 Å². The van der Waals surface area contributed by atoms with E-state index in [4.69, 9.17) is 31.4 Å². The Balaban J connectivity index is 1.82. The number of nitrogens with zero attached hydrogens (tertiary/aromatic N) is 3. The first-order chi connectivity index (χ1) is 17.6. The van der Waals surface area contributed by atoms with Gasteiger partial charge in [0.25, 0.3) is 12.0 Å². The highest BCUT2D eigenvalue weighted by molar-refractivity contribution is 6.32. The summed E-state index contributed by atoms with van der Waals surface area (Å²) in [6.07, 6.45) is -3.88. The van der Waals surface area contributed by atoms with E-state index in [1.807, 2.05) is 0 Å². The van der Waals surface area contributed by atoms with Gasteiger partial charge in [0.2, 0.25) is 0 Å². The zero-order valence-electron chi connectivity index (χ0n) is 18.8. The molecule has 0 bridgehead atoms. The average Bonchev–Trinajstić information content (AvgIpc) is 2.86. The predicted octanol–water partition coefficient (Wildman–Crippen LogP) is 4.59. The number of alkyl halides is 2. The van der Waals surface area contributed by atoms with Gasteiger partial charge in [0.15, 0.2) is 18.3 Å². The Kier molecular flexibility index (Phi) is 8.86. The highest BCUT2D eigenvalue weighted by Crippen LogP contribution is 2.36. The summed E-state index contributed by atoms with van der Waals surface area (Å²) >= 11 is 6.07. The number of carbonyl (C=O) groups is 2. The lowest BCUT2D eigenvalue weighted by Gasteiger charge is -2.13. The Labute approximate surface area is 212 Å². The van der Waals surface area contributed by atoms with Gasteiger partial charge in [0, 0.05) is 18.1 Å². The molecule has 3 rings (SSSR count). The third kappa shape index (κ3) is 7.31. The summed E-state index contributed by atoms with van der Waals surface area (Å²) in [5.41, 5.74) is -1.00. The van der Waals surface area contributed by atoms with Crippen LogP contribution in [0.5, 0.6) is 11.5 Å². The van der Waals surface area contributed by atoms with Crippen LogP contribution >= 0.6 is 11.6 Å². The molecular formula is C24H17ClF3N3O6. The van der Waals surface area contributed by atoms with Gasteiger partial charge in [-0.3, -0.25) is 14.4 Å². The van der Waals surface area contributed by atoms with Crippen molar-refractivity contribution >= 4 is 23.5 Å². The lowest BCUT2D eigenvalue weighted by atomic mass is 10.1. The number of esters is 1. The van der Waals surface area contributed by atoms with Crippen molar-refractivity contribution in [2.75, 3.05) is 0 Å². The van der Waals surface area contributed by atoms with E-state index >= 15 is 4.39 Å². The molecule has 0 atom stereocenters.